The molecule has 0 atom stereocenters. The average molecular weight is 415 g/mol. The molecule has 4 rings (SSSR count). The van der Waals surface area contributed by atoms with E-state index in [2.05, 4.69) is 30.6 Å². The van der Waals surface area contributed by atoms with E-state index in [0.717, 1.165) is 28.7 Å². The van der Waals surface area contributed by atoms with E-state index in [9.17, 15) is 4.79 Å². The number of piperidine rings is 1. The molecule has 0 aliphatic carbocycles. The lowest BCUT2D eigenvalue weighted by Gasteiger charge is -2.25. The predicted molar refractivity (Wildman–Crippen MR) is 112 cm³/mol. The summed E-state index contributed by atoms with van der Waals surface area (Å²) in [6.45, 7) is 2.00. The van der Waals surface area contributed by atoms with Crippen LogP contribution >= 0.6 is 22.9 Å². The number of nitrogens with one attached hydrogen (secondary N) is 2. The minimum absolute atomic E-state index is 0.334. The first-order valence-electron chi connectivity index (χ1n) is 9.06. The molecule has 3 aromatic rings. The van der Waals surface area contributed by atoms with Crippen LogP contribution in [0.1, 0.15) is 34.6 Å². The van der Waals surface area contributed by atoms with Gasteiger partial charge in [0.2, 0.25) is 0 Å². The molecule has 1 aliphatic rings. The van der Waals surface area contributed by atoms with Gasteiger partial charge in [0.25, 0.3) is 5.91 Å². The maximum atomic E-state index is 12.3. The van der Waals surface area contributed by atoms with E-state index in [4.69, 9.17) is 11.6 Å². The second-order valence-electron chi connectivity index (χ2n) is 6.43. The fourth-order valence-corrected chi connectivity index (χ4v) is 4.18. The Bertz CT molecular complexity index is 977. The third-order valence-electron chi connectivity index (χ3n) is 4.46. The van der Waals surface area contributed by atoms with Crippen molar-refractivity contribution in [1.29, 1.82) is 0 Å². The Hall–Kier alpha value is -2.71. The topological polar surface area (TPSA) is 86.3 Å². The Morgan fingerprint density at radius 3 is 2.82 bits per heavy atom. The Kier molecular flexibility index (Phi) is 5.68. The van der Waals surface area contributed by atoms with Gasteiger partial charge in [0, 0.05) is 18.7 Å². The number of anilines is 1. The van der Waals surface area contributed by atoms with Gasteiger partial charge in [-0.3, -0.25) is 9.89 Å². The molecule has 9 heteroatoms. The van der Waals surface area contributed by atoms with E-state index in [1.165, 1.54) is 36.8 Å². The first kappa shape index (κ1) is 18.6. The van der Waals surface area contributed by atoms with Crippen LogP contribution in [0.4, 0.5) is 5.13 Å². The van der Waals surface area contributed by atoms with Gasteiger partial charge in [-0.15, -0.1) is 0 Å². The number of thiazole rings is 1. The van der Waals surface area contributed by atoms with Crippen molar-refractivity contribution in [1.82, 2.24) is 20.6 Å². The number of amides is 1. The van der Waals surface area contributed by atoms with Crippen molar-refractivity contribution in [2.75, 3.05) is 18.0 Å². The van der Waals surface area contributed by atoms with Crippen molar-refractivity contribution < 1.29 is 4.79 Å². The second kappa shape index (κ2) is 8.53. The van der Waals surface area contributed by atoms with Crippen LogP contribution in [0.3, 0.4) is 0 Å². The number of hydrogen-bond donors (Lipinski definition) is 2. The summed E-state index contributed by atoms with van der Waals surface area (Å²) in [6, 6.07) is 11.3. The lowest BCUT2D eigenvalue weighted by molar-refractivity contribution is 0.0950. The molecular formula is C19H19ClN6OS. The van der Waals surface area contributed by atoms with Gasteiger partial charge in [-0.25, -0.2) is 10.4 Å². The number of carbonyl (C=O) groups excluding carboxylic acids is 1. The molecule has 1 saturated heterocycles. The molecule has 0 bridgehead atoms. The molecule has 1 aromatic carbocycles. The van der Waals surface area contributed by atoms with E-state index < -0.39 is 0 Å². The molecule has 144 valence electrons. The SMILES string of the molecule is O=C(N/N=C\c1sc(N2CCCCC2)nc1Cl)c1cc(-c2ccccc2)n[nH]1. The number of benzene rings is 1. The van der Waals surface area contributed by atoms with Crippen LogP contribution in [0.15, 0.2) is 41.5 Å². The summed E-state index contributed by atoms with van der Waals surface area (Å²) in [4.78, 5) is 19.6. The zero-order chi connectivity index (χ0) is 19.3. The summed E-state index contributed by atoms with van der Waals surface area (Å²) in [5.74, 6) is -0.372. The van der Waals surface area contributed by atoms with Crippen molar-refractivity contribution >= 4 is 40.2 Å². The van der Waals surface area contributed by atoms with Crippen LogP contribution in [0.2, 0.25) is 5.15 Å². The summed E-state index contributed by atoms with van der Waals surface area (Å²) in [5, 5.41) is 12.2. The highest BCUT2D eigenvalue weighted by atomic mass is 35.5. The molecular weight excluding hydrogens is 396 g/mol. The molecule has 28 heavy (non-hydrogen) atoms. The van der Waals surface area contributed by atoms with Gasteiger partial charge in [-0.1, -0.05) is 53.3 Å². The quantitative estimate of drug-likeness (QED) is 0.489. The van der Waals surface area contributed by atoms with Crippen LogP contribution in [-0.2, 0) is 0 Å². The molecule has 1 aliphatic heterocycles. The van der Waals surface area contributed by atoms with Crippen LogP contribution < -0.4 is 10.3 Å². The standard InChI is InChI=1S/C19H19ClN6OS/c20-17-16(28-19(22-17)26-9-5-2-6-10-26)12-21-25-18(27)15-11-14(23-24-15)13-7-3-1-4-8-13/h1,3-4,7-8,11-12H,2,5-6,9-10H2,(H,23,24)(H,25,27)/b21-12-. The maximum Gasteiger partial charge on any atom is 0.289 e. The summed E-state index contributed by atoms with van der Waals surface area (Å²) < 4.78 is 0. The number of carbonyl (C=O) groups is 1. The van der Waals surface area contributed by atoms with Crippen LogP contribution in [-0.4, -0.2) is 40.4 Å². The molecule has 7 nitrogen and oxygen atoms in total. The molecule has 0 radical (unpaired) electrons. The lowest BCUT2D eigenvalue weighted by Crippen LogP contribution is -2.29. The summed E-state index contributed by atoms with van der Waals surface area (Å²) in [7, 11) is 0. The van der Waals surface area contributed by atoms with Gasteiger partial charge >= 0.3 is 0 Å². The smallest absolute Gasteiger partial charge is 0.289 e. The number of hydrogen-bond acceptors (Lipinski definition) is 6. The third-order valence-corrected chi connectivity index (χ3v) is 5.92. The normalized spacial score (nSPS) is 14.5. The molecule has 2 aromatic heterocycles. The highest BCUT2D eigenvalue weighted by molar-refractivity contribution is 7.17. The number of nitrogens with zero attached hydrogens (tertiary/aromatic N) is 4. The van der Waals surface area contributed by atoms with Gasteiger partial charge in [0.05, 0.1) is 16.8 Å². The zero-order valence-electron chi connectivity index (χ0n) is 15.1. The lowest BCUT2D eigenvalue weighted by atomic mass is 10.1. The van der Waals surface area contributed by atoms with Gasteiger partial charge in [-0.2, -0.15) is 10.2 Å². The first-order chi connectivity index (χ1) is 13.7. The van der Waals surface area contributed by atoms with Crippen molar-refractivity contribution in [2.24, 2.45) is 5.10 Å². The number of hydrazone groups is 1. The number of aromatic amines is 1. The number of halogens is 1. The zero-order valence-corrected chi connectivity index (χ0v) is 16.6. The molecule has 0 unspecified atom stereocenters. The van der Waals surface area contributed by atoms with Gasteiger partial charge in [-0.05, 0) is 25.3 Å². The largest absolute Gasteiger partial charge is 0.348 e. The van der Waals surface area contributed by atoms with Crippen LogP contribution in [0.5, 0.6) is 0 Å². The first-order valence-corrected chi connectivity index (χ1v) is 10.3. The van der Waals surface area contributed by atoms with Crippen molar-refractivity contribution in [3.05, 3.63) is 52.1 Å². The number of rotatable bonds is 5. The minimum Gasteiger partial charge on any atom is -0.348 e. The summed E-state index contributed by atoms with van der Waals surface area (Å²) >= 11 is 7.70. The van der Waals surface area contributed by atoms with Crippen molar-refractivity contribution in [3.8, 4) is 11.3 Å². The Labute approximate surface area is 171 Å². The van der Waals surface area contributed by atoms with Crippen molar-refractivity contribution in [3.63, 3.8) is 0 Å². The molecule has 3 heterocycles. The van der Waals surface area contributed by atoms with Crippen LogP contribution in [0, 0.1) is 0 Å². The fraction of sp³-hybridized carbons (Fsp3) is 0.263. The monoisotopic (exact) mass is 414 g/mol. The van der Waals surface area contributed by atoms with E-state index >= 15 is 0 Å². The highest BCUT2D eigenvalue weighted by Gasteiger charge is 2.17. The maximum absolute atomic E-state index is 12.3. The molecule has 1 amide bonds. The van der Waals surface area contributed by atoms with Crippen LogP contribution in [0.25, 0.3) is 11.3 Å². The van der Waals surface area contributed by atoms with Gasteiger partial charge < -0.3 is 4.90 Å². The van der Waals surface area contributed by atoms with E-state index in [1.54, 1.807) is 6.07 Å². The predicted octanol–water partition coefficient (Wildman–Crippen LogP) is 3.94. The fourth-order valence-electron chi connectivity index (χ4n) is 3.01. The highest BCUT2D eigenvalue weighted by Crippen LogP contribution is 2.30. The molecule has 2 N–H and O–H groups in total. The summed E-state index contributed by atoms with van der Waals surface area (Å²) in [5.41, 5.74) is 4.46. The minimum atomic E-state index is -0.372. The Balaban J connectivity index is 1.39. The van der Waals surface area contributed by atoms with E-state index in [-0.39, 0.29) is 5.91 Å². The Morgan fingerprint density at radius 2 is 2.04 bits per heavy atom. The second-order valence-corrected chi connectivity index (χ2v) is 7.80. The van der Waals surface area contributed by atoms with Crippen molar-refractivity contribution in [2.45, 2.75) is 19.3 Å². The van der Waals surface area contributed by atoms with E-state index in [0.29, 0.717) is 16.5 Å². The number of H-pyrrole nitrogens is 1. The number of aromatic nitrogens is 3. The van der Waals surface area contributed by atoms with Gasteiger partial charge in [0.1, 0.15) is 5.69 Å². The summed E-state index contributed by atoms with van der Waals surface area (Å²) in [6.07, 6.45) is 5.13. The molecule has 1 fully saturated rings. The molecule has 0 spiro atoms. The average Bonchev–Trinajstić information content (AvgIpc) is 3.37. The Morgan fingerprint density at radius 1 is 1.25 bits per heavy atom. The van der Waals surface area contributed by atoms with Gasteiger partial charge in [0.15, 0.2) is 10.3 Å². The molecule has 0 saturated carbocycles. The van der Waals surface area contributed by atoms with E-state index in [1.807, 2.05) is 30.3 Å². The third kappa shape index (κ3) is 4.23.